The van der Waals surface area contributed by atoms with Crippen LogP contribution in [0, 0.1) is 0 Å². The molecule has 0 heterocycles. The molecule has 1 unspecified atom stereocenters. The Labute approximate surface area is 86.1 Å². The predicted octanol–water partition coefficient (Wildman–Crippen LogP) is 0.643. The van der Waals surface area contributed by atoms with E-state index in [2.05, 4.69) is 11.3 Å². The van der Waals surface area contributed by atoms with Crippen LogP contribution in [0.15, 0.2) is 12.7 Å². The molecule has 2 N–H and O–H groups in total. The Morgan fingerprint density at radius 2 is 2.14 bits per heavy atom. The molecule has 0 aliphatic carbocycles. The van der Waals surface area contributed by atoms with Crippen molar-refractivity contribution >= 4 is 10.0 Å². The van der Waals surface area contributed by atoms with Gasteiger partial charge in [0.2, 0.25) is 10.0 Å². The number of hydrogen-bond acceptors (Lipinski definition) is 3. The molecule has 0 fully saturated rings. The molecule has 0 aliphatic rings. The summed E-state index contributed by atoms with van der Waals surface area (Å²) in [4.78, 5) is 0. The third-order valence-corrected chi connectivity index (χ3v) is 3.06. The summed E-state index contributed by atoms with van der Waals surface area (Å²) in [5.74, 6) is -0.116. The first kappa shape index (κ1) is 13.6. The first-order chi connectivity index (χ1) is 6.33. The third-order valence-electron chi connectivity index (χ3n) is 1.80. The van der Waals surface area contributed by atoms with Gasteiger partial charge in [0.25, 0.3) is 0 Å². The number of sulfonamides is 1. The monoisotopic (exact) mass is 221 g/mol. The van der Waals surface area contributed by atoms with Crippen molar-refractivity contribution < 1.29 is 13.5 Å². The van der Waals surface area contributed by atoms with Gasteiger partial charge < -0.3 is 5.11 Å². The highest BCUT2D eigenvalue weighted by Gasteiger charge is 2.21. The Balaban J connectivity index is 4.10. The van der Waals surface area contributed by atoms with Gasteiger partial charge in [-0.05, 0) is 13.3 Å². The number of nitrogens with one attached hydrogen (secondary N) is 1. The summed E-state index contributed by atoms with van der Waals surface area (Å²) in [5, 5.41) is 9.69. The van der Waals surface area contributed by atoms with Gasteiger partial charge in [0, 0.05) is 6.54 Å². The van der Waals surface area contributed by atoms with Crippen LogP contribution in [0.4, 0.5) is 0 Å². The van der Waals surface area contributed by atoms with Gasteiger partial charge in [0.1, 0.15) is 0 Å². The van der Waals surface area contributed by atoms with Crippen molar-refractivity contribution in [3.63, 3.8) is 0 Å². The zero-order valence-corrected chi connectivity index (χ0v) is 9.60. The fraction of sp³-hybridized carbons (Fsp3) is 0.778. The zero-order chi connectivity index (χ0) is 11.2. The molecule has 0 rings (SSSR count). The highest BCUT2D eigenvalue weighted by Crippen LogP contribution is 2.10. The van der Waals surface area contributed by atoms with Crippen LogP contribution >= 0.6 is 0 Å². The fourth-order valence-corrected chi connectivity index (χ4v) is 2.07. The molecular weight excluding hydrogens is 202 g/mol. The maximum atomic E-state index is 11.2. The van der Waals surface area contributed by atoms with Gasteiger partial charge in [0.15, 0.2) is 0 Å². The van der Waals surface area contributed by atoms with E-state index in [0.717, 1.165) is 6.42 Å². The average molecular weight is 221 g/mol. The molecular formula is C9H19NO3S. The van der Waals surface area contributed by atoms with Crippen LogP contribution in [0.5, 0.6) is 0 Å². The topological polar surface area (TPSA) is 66.4 Å². The Kier molecular flexibility index (Phi) is 5.33. The van der Waals surface area contributed by atoms with E-state index in [9.17, 15) is 13.5 Å². The maximum absolute atomic E-state index is 11.2. The van der Waals surface area contributed by atoms with E-state index in [0.29, 0.717) is 6.42 Å². The second-order valence-corrected chi connectivity index (χ2v) is 5.49. The molecule has 14 heavy (non-hydrogen) atoms. The van der Waals surface area contributed by atoms with E-state index in [1.54, 1.807) is 6.92 Å². The lowest BCUT2D eigenvalue weighted by Gasteiger charge is -2.22. The maximum Gasteiger partial charge on any atom is 0.215 e. The van der Waals surface area contributed by atoms with Crippen LogP contribution < -0.4 is 4.72 Å². The molecule has 0 saturated heterocycles. The lowest BCUT2D eigenvalue weighted by Crippen LogP contribution is -2.41. The van der Waals surface area contributed by atoms with Crippen LogP contribution in [-0.2, 0) is 10.0 Å². The fourth-order valence-electron chi connectivity index (χ4n) is 1.11. The van der Waals surface area contributed by atoms with Gasteiger partial charge in [-0.1, -0.05) is 19.4 Å². The van der Waals surface area contributed by atoms with Crippen LogP contribution in [0.3, 0.4) is 0 Å². The SMILES string of the molecule is C=CCS(=O)(=O)NCC(C)(O)CCC. The first-order valence-corrected chi connectivity index (χ1v) is 6.29. The minimum Gasteiger partial charge on any atom is -0.389 e. The van der Waals surface area contributed by atoms with Crippen LogP contribution in [0.1, 0.15) is 26.7 Å². The van der Waals surface area contributed by atoms with Crippen molar-refractivity contribution in [1.82, 2.24) is 4.72 Å². The molecule has 1 atom stereocenters. The van der Waals surface area contributed by atoms with Crippen LogP contribution in [-0.4, -0.2) is 31.4 Å². The largest absolute Gasteiger partial charge is 0.389 e. The van der Waals surface area contributed by atoms with E-state index in [-0.39, 0.29) is 12.3 Å². The van der Waals surface area contributed by atoms with Gasteiger partial charge >= 0.3 is 0 Å². The highest BCUT2D eigenvalue weighted by molar-refractivity contribution is 7.89. The minimum atomic E-state index is -3.31. The molecule has 0 aromatic carbocycles. The molecule has 0 saturated carbocycles. The number of rotatable bonds is 7. The van der Waals surface area contributed by atoms with E-state index < -0.39 is 15.6 Å². The molecule has 0 aromatic heterocycles. The normalized spacial score (nSPS) is 16.2. The van der Waals surface area contributed by atoms with Gasteiger partial charge in [-0.25, -0.2) is 13.1 Å². The van der Waals surface area contributed by atoms with Crippen molar-refractivity contribution in [2.75, 3.05) is 12.3 Å². The molecule has 0 amide bonds. The molecule has 0 bridgehead atoms. The number of hydrogen-bond donors (Lipinski definition) is 2. The molecule has 4 nitrogen and oxygen atoms in total. The predicted molar refractivity (Wildman–Crippen MR) is 57.5 cm³/mol. The highest BCUT2D eigenvalue weighted by atomic mass is 32.2. The van der Waals surface area contributed by atoms with E-state index in [4.69, 9.17) is 0 Å². The zero-order valence-electron chi connectivity index (χ0n) is 8.78. The summed E-state index contributed by atoms with van der Waals surface area (Å²) in [6, 6.07) is 0. The summed E-state index contributed by atoms with van der Waals surface area (Å²) in [6.45, 7) is 6.95. The van der Waals surface area contributed by atoms with Crippen molar-refractivity contribution in [2.45, 2.75) is 32.3 Å². The lowest BCUT2D eigenvalue weighted by molar-refractivity contribution is 0.0554. The summed E-state index contributed by atoms with van der Waals surface area (Å²) >= 11 is 0. The summed E-state index contributed by atoms with van der Waals surface area (Å²) in [5.41, 5.74) is -0.969. The van der Waals surface area contributed by atoms with Crippen molar-refractivity contribution in [1.29, 1.82) is 0 Å². The van der Waals surface area contributed by atoms with Crippen LogP contribution in [0.25, 0.3) is 0 Å². The van der Waals surface area contributed by atoms with Crippen molar-refractivity contribution in [3.05, 3.63) is 12.7 Å². The molecule has 5 heteroatoms. The molecule has 0 radical (unpaired) electrons. The number of aliphatic hydroxyl groups is 1. The van der Waals surface area contributed by atoms with Crippen LogP contribution in [0.2, 0.25) is 0 Å². The van der Waals surface area contributed by atoms with Gasteiger partial charge in [-0.2, -0.15) is 0 Å². The molecule has 84 valence electrons. The third kappa shape index (κ3) is 6.12. The standard InChI is InChI=1S/C9H19NO3S/c1-4-6-9(3,11)8-10-14(12,13)7-5-2/h5,10-11H,2,4,6-8H2,1,3H3. The Morgan fingerprint density at radius 3 is 2.57 bits per heavy atom. The lowest BCUT2D eigenvalue weighted by atomic mass is 10.0. The van der Waals surface area contributed by atoms with Gasteiger partial charge in [0.05, 0.1) is 11.4 Å². The molecule has 0 aliphatic heterocycles. The summed E-state index contributed by atoms with van der Waals surface area (Å²) in [6.07, 6.45) is 2.71. The molecule has 0 spiro atoms. The second kappa shape index (κ2) is 5.48. The van der Waals surface area contributed by atoms with Crippen molar-refractivity contribution in [3.8, 4) is 0 Å². The van der Waals surface area contributed by atoms with E-state index in [1.807, 2.05) is 6.92 Å². The minimum absolute atomic E-state index is 0.0526. The quantitative estimate of drug-likeness (QED) is 0.620. The van der Waals surface area contributed by atoms with E-state index >= 15 is 0 Å². The summed E-state index contributed by atoms with van der Waals surface area (Å²) < 4.78 is 24.7. The smallest absolute Gasteiger partial charge is 0.215 e. The first-order valence-electron chi connectivity index (χ1n) is 4.63. The average Bonchev–Trinajstić information content (AvgIpc) is 2.01. The molecule has 0 aromatic rings. The Bertz CT molecular complexity index is 270. The van der Waals surface area contributed by atoms with Crippen molar-refractivity contribution in [2.24, 2.45) is 0 Å². The Morgan fingerprint density at radius 1 is 1.57 bits per heavy atom. The Hall–Kier alpha value is -0.390. The van der Waals surface area contributed by atoms with Gasteiger partial charge in [-0.3, -0.25) is 0 Å². The van der Waals surface area contributed by atoms with Gasteiger partial charge in [-0.15, -0.1) is 6.58 Å². The second-order valence-electron chi connectivity index (χ2n) is 3.64. The van der Waals surface area contributed by atoms with E-state index in [1.165, 1.54) is 6.08 Å². The summed E-state index contributed by atoms with van der Waals surface area (Å²) in [7, 11) is -3.31.